The van der Waals surface area contributed by atoms with Gasteiger partial charge in [-0.3, -0.25) is 9.59 Å². The number of halogens is 3. The molecular weight excluding hydrogens is 357 g/mol. The molecule has 7 heteroatoms. The van der Waals surface area contributed by atoms with Crippen molar-refractivity contribution >= 4 is 16.7 Å². The van der Waals surface area contributed by atoms with Gasteiger partial charge in [0.15, 0.2) is 0 Å². The number of alkyl halides is 3. The summed E-state index contributed by atoms with van der Waals surface area (Å²) in [6.07, 6.45) is -2.89. The van der Waals surface area contributed by atoms with Crippen molar-refractivity contribution < 1.29 is 18.0 Å². The first-order valence-corrected chi connectivity index (χ1v) is 8.25. The number of aromatic amines is 1. The zero-order valence-corrected chi connectivity index (χ0v) is 14.7. The van der Waals surface area contributed by atoms with Crippen molar-refractivity contribution in [3.05, 3.63) is 81.8 Å². The number of carbonyl (C=O) groups excluding carboxylic acids is 1. The average molecular weight is 374 g/mol. The summed E-state index contributed by atoms with van der Waals surface area (Å²) in [5.74, 6) is -0.411. The number of nitrogens with zero attached hydrogens (tertiary/aromatic N) is 1. The molecule has 0 saturated heterocycles. The number of aromatic nitrogens is 1. The Labute approximate surface area is 153 Å². The number of pyridine rings is 1. The van der Waals surface area contributed by atoms with Gasteiger partial charge in [0.1, 0.15) is 0 Å². The van der Waals surface area contributed by atoms with Gasteiger partial charge < -0.3 is 9.88 Å². The molecule has 0 fully saturated rings. The predicted molar refractivity (Wildman–Crippen MR) is 96.5 cm³/mol. The number of benzene rings is 2. The summed E-state index contributed by atoms with van der Waals surface area (Å²) in [7, 11) is 1.57. The standard InChI is InChI=1S/C20H17F3N2O2/c1-12(17-11-24-18(26)16-6-4-3-5-15(16)17)25(2)19(27)13-7-9-14(10-8-13)20(21,22)23/h3-12H,1-2H3,(H,24,26). The molecule has 4 nitrogen and oxygen atoms in total. The fraction of sp³-hybridized carbons (Fsp3) is 0.200. The Morgan fingerprint density at radius 1 is 1.04 bits per heavy atom. The Morgan fingerprint density at radius 2 is 1.63 bits per heavy atom. The van der Waals surface area contributed by atoms with Crippen LogP contribution >= 0.6 is 0 Å². The molecule has 0 spiro atoms. The monoisotopic (exact) mass is 374 g/mol. The Bertz CT molecular complexity index is 1040. The van der Waals surface area contributed by atoms with E-state index < -0.39 is 23.7 Å². The second-order valence-corrected chi connectivity index (χ2v) is 6.29. The Kier molecular flexibility index (Phi) is 4.78. The van der Waals surface area contributed by atoms with E-state index in [0.29, 0.717) is 5.39 Å². The van der Waals surface area contributed by atoms with Crippen LogP contribution in [0.15, 0.2) is 59.5 Å². The van der Waals surface area contributed by atoms with E-state index in [1.807, 2.05) is 0 Å². The molecule has 0 aliphatic rings. The third kappa shape index (κ3) is 3.58. The minimum Gasteiger partial charge on any atom is -0.335 e. The first kappa shape index (κ1) is 18.7. The summed E-state index contributed by atoms with van der Waals surface area (Å²) >= 11 is 0. The van der Waals surface area contributed by atoms with Crippen LogP contribution in [0.25, 0.3) is 10.8 Å². The van der Waals surface area contributed by atoms with Crippen LogP contribution in [0.4, 0.5) is 13.2 Å². The number of H-pyrrole nitrogens is 1. The molecule has 1 unspecified atom stereocenters. The van der Waals surface area contributed by atoms with E-state index >= 15 is 0 Å². The smallest absolute Gasteiger partial charge is 0.335 e. The SMILES string of the molecule is CC(c1c[nH]c(=O)c2ccccc12)N(C)C(=O)c1ccc(C(F)(F)F)cc1. The number of hydrogen-bond acceptors (Lipinski definition) is 2. The average Bonchev–Trinajstić information content (AvgIpc) is 2.66. The highest BCUT2D eigenvalue weighted by Crippen LogP contribution is 2.30. The van der Waals surface area contributed by atoms with Gasteiger partial charge in [0.25, 0.3) is 11.5 Å². The highest BCUT2D eigenvalue weighted by Gasteiger charge is 2.30. The fourth-order valence-electron chi connectivity index (χ4n) is 2.97. The van der Waals surface area contributed by atoms with E-state index in [0.717, 1.165) is 23.1 Å². The Morgan fingerprint density at radius 3 is 2.22 bits per heavy atom. The van der Waals surface area contributed by atoms with Gasteiger partial charge in [-0.25, -0.2) is 0 Å². The summed E-state index contributed by atoms with van der Waals surface area (Å²) < 4.78 is 38.1. The van der Waals surface area contributed by atoms with Crippen molar-refractivity contribution in [1.29, 1.82) is 0 Å². The lowest BCUT2D eigenvalue weighted by Crippen LogP contribution is -2.30. The zero-order valence-electron chi connectivity index (χ0n) is 14.7. The van der Waals surface area contributed by atoms with Crippen LogP contribution in [0.1, 0.15) is 34.5 Å². The van der Waals surface area contributed by atoms with Gasteiger partial charge in [-0.2, -0.15) is 13.2 Å². The molecule has 27 heavy (non-hydrogen) atoms. The molecule has 1 N–H and O–H groups in total. The highest BCUT2D eigenvalue weighted by atomic mass is 19.4. The van der Waals surface area contributed by atoms with Gasteiger partial charge in [-0.1, -0.05) is 18.2 Å². The van der Waals surface area contributed by atoms with Crippen molar-refractivity contribution in [1.82, 2.24) is 9.88 Å². The molecule has 2 aromatic carbocycles. The van der Waals surface area contributed by atoms with Crippen LogP contribution in [0.3, 0.4) is 0 Å². The van der Waals surface area contributed by atoms with Crippen LogP contribution in [0.5, 0.6) is 0 Å². The molecule has 3 rings (SSSR count). The molecule has 3 aromatic rings. The van der Waals surface area contributed by atoms with E-state index in [4.69, 9.17) is 0 Å². The van der Waals surface area contributed by atoms with Crippen molar-refractivity contribution in [3.63, 3.8) is 0 Å². The number of nitrogens with one attached hydrogen (secondary N) is 1. The van der Waals surface area contributed by atoms with E-state index in [1.54, 1.807) is 44.4 Å². The first-order valence-electron chi connectivity index (χ1n) is 8.25. The number of rotatable bonds is 3. The quantitative estimate of drug-likeness (QED) is 0.740. The number of hydrogen-bond donors (Lipinski definition) is 1. The molecule has 0 bridgehead atoms. The van der Waals surface area contributed by atoms with Crippen molar-refractivity contribution in [3.8, 4) is 0 Å². The van der Waals surface area contributed by atoms with Crippen molar-refractivity contribution in [2.45, 2.75) is 19.1 Å². The minimum atomic E-state index is -4.45. The Hall–Kier alpha value is -3.09. The molecule has 1 heterocycles. The molecular formula is C20H17F3N2O2. The normalized spacial score (nSPS) is 12.8. The minimum absolute atomic E-state index is 0.158. The maximum Gasteiger partial charge on any atom is 0.416 e. The van der Waals surface area contributed by atoms with Gasteiger partial charge in [-0.15, -0.1) is 0 Å². The Balaban J connectivity index is 1.92. The largest absolute Gasteiger partial charge is 0.416 e. The van der Waals surface area contributed by atoms with Crippen LogP contribution in [-0.2, 0) is 6.18 Å². The number of amides is 1. The summed E-state index contributed by atoms with van der Waals surface area (Å²) in [5, 5.41) is 1.23. The number of carbonyl (C=O) groups is 1. The summed E-state index contributed by atoms with van der Waals surface area (Å²) in [6, 6.07) is 10.8. The fourth-order valence-corrected chi connectivity index (χ4v) is 2.97. The van der Waals surface area contributed by atoms with E-state index in [2.05, 4.69) is 4.98 Å². The van der Waals surface area contributed by atoms with E-state index in [9.17, 15) is 22.8 Å². The molecule has 1 aromatic heterocycles. The lowest BCUT2D eigenvalue weighted by atomic mass is 10.0. The summed E-state index contributed by atoms with van der Waals surface area (Å²) in [5.41, 5.74) is -0.126. The zero-order chi connectivity index (χ0) is 19.8. The molecule has 140 valence electrons. The predicted octanol–water partition coefficient (Wildman–Crippen LogP) is 4.38. The van der Waals surface area contributed by atoms with Crippen molar-refractivity contribution in [2.24, 2.45) is 0 Å². The maximum atomic E-state index is 12.7. The summed E-state index contributed by atoms with van der Waals surface area (Å²) in [6.45, 7) is 1.79. The third-order valence-corrected chi connectivity index (χ3v) is 4.65. The van der Waals surface area contributed by atoms with Gasteiger partial charge in [0.05, 0.1) is 11.6 Å². The molecule has 0 radical (unpaired) electrons. The molecule has 0 aliphatic carbocycles. The second-order valence-electron chi connectivity index (χ2n) is 6.29. The van der Waals surface area contributed by atoms with E-state index in [-0.39, 0.29) is 11.1 Å². The second kappa shape index (κ2) is 6.90. The van der Waals surface area contributed by atoms with Crippen molar-refractivity contribution in [2.75, 3.05) is 7.05 Å². The van der Waals surface area contributed by atoms with Crippen LogP contribution in [-0.4, -0.2) is 22.8 Å². The van der Waals surface area contributed by atoms with E-state index in [1.165, 1.54) is 17.0 Å². The maximum absolute atomic E-state index is 12.7. The topological polar surface area (TPSA) is 53.2 Å². The van der Waals surface area contributed by atoms with Crippen LogP contribution < -0.4 is 5.56 Å². The lowest BCUT2D eigenvalue weighted by molar-refractivity contribution is -0.137. The van der Waals surface area contributed by atoms with Gasteiger partial charge >= 0.3 is 6.18 Å². The molecule has 0 aliphatic heterocycles. The molecule has 1 atom stereocenters. The lowest BCUT2D eigenvalue weighted by Gasteiger charge is -2.26. The van der Waals surface area contributed by atoms with Crippen LogP contribution in [0.2, 0.25) is 0 Å². The van der Waals surface area contributed by atoms with Crippen LogP contribution in [0, 0.1) is 0 Å². The number of fused-ring (bicyclic) bond motifs is 1. The van der Waals surface area contributed by atoms with Gasteiger partial charge in [0, 0.05) is 24.2 Å². The van der Waals surface area contributed by atoms with Gasteiger partial charge in [-0.05, 0) is 48.2 Å². The molecule has 1 amide bonds. The summed E-state index contributed by atoms with van der Waals surface area (Å²) in [4.78, 5) is 28.8. The highest BCUT2D eigenvalue weighted by molar-refractivity contribution is 5.95. The third-order valence-electron chi connectivity index (χ3n) is 4.65. The van der Waals surface area contributed by atoms with Gasteiger partial charge in [0.2, 0.25) is 0 Å². The first-order chi connectivity index (χ1) is 12.7. The molecule has 0 saturated carbocycles.